The topological polar surface area (TPSA) is 87.2 Å². The Hall–Kier alpha value is -2.29. The fourth-order valence-corrected chi connectivity index (χ4v) is 8.40. The number of benzene rings is 1. The molecule has 0 aromatic heterocycles. The standard InChI is InChI=1S/C27H31ClN2O5S/c1-16-9-7-10-18(28)22(16)29-13-8-12-27-21(24(32)30(17(2)15-31)23(27)25(29)33)20-19(36-27)11-5-3-4-6-14-35-26(20)34/h5,7-12,17,19-21,23,31H,3-4,6,13-15H2,1-2H3/b11-5-/t17-,19-,20+,21+,23?,27+/m1/s1. The lowest BCUT2D eigenvalue weighted by molar-refractivity contribution is -0.153. The lowest BCUT2D eigenvalue weighted by atomic mass is 9.78. The molecule has 5 rings (SSSR count). The van der Waals surface area contributed by atoms with Crippen LogP contribution in [0.4, 0.5) is 5.69 Å². The van der Waals surface area contributed by atoms with Crippen molar-refractivity contribution in [3.05, 3.63) is 53.1 Å². The van der Waals surface area contributed by atoms with Crippen LogP contribution in [0.1, 0.15) is 31.7 Å². The highest BCUT2D eigenvalue weighted by Gasteiger charge is 2.71. The Kier molecular flexibility index (Phi) is 6.96. The van der Waals surface area contributed by atoms with Gasteiger partial charge in [-0.3, -0.25) is 14.4 Å². The van der Waals surface area contributed by atoms with Gasteiger partial charge in [0.2, 0.25) is 5.91 Å². The Morgan fingerprint density at radius 3 is 2.78 bits per heavy atom. The number of nitrogens with zero attached hydrogens (tertiary/aromatic N) is 2. The van der Waals surface area contributed by atoms with E-state index in [0.29, 0.717) is 23.9 Å². The summed E-state index contributed by atoms with van der Waals surface area (Å²) < 4.78 is 4.66. The van der Waals surface area contributed by atoms with Gasteiger partial charge in [0, 0.05) is 11.8 Å². The van der Waals surface area contributed by atoms with Gasteiger partial charge in [0.05, 0.1) is 46.5 Å². The molecule has 36 heavy (non-hydrogen) atoms. The summed E-state index contributed by atoms with van der Waals surface area (Å²) in [5.74, 6) is -2.42. The minimum Gasteiger partial charge on any atom is -0.465 e. The van der Waals surface area contributed by atoms with Gasteiger partial charge in [-0.25, -0.2) is 0 Å². The first-order valence-corrected chi connectivity index (χ1v) is 13.8. The zero-order valence-electron chi connectivity index (χ0n) is 20.4. The Morgan fingerprint density at radius 1 is 1.22 bits per heavy atom. The van der Waals surface area contributed by atoms with Crippen LogP contribution >= 0.6 is 23.4 Å². The quantitative estimate of drug-likeness (QED) is 0.475. The van der Waals surface area contributed by atoms with E-state index >= 15 is 0 Å². The van der Waals surface area contributed by atoms with Gasteiger partial charge in [0.15, 0.2) is 0 Å². The molecule has 0 saturated carbocycles. The largest absolute Gasteiger partial charge is 0.465 e. The number of hydrogen-bond acceptors (Lipinski definition) is 6. The number of esters is 1. The number of aryl methyl sites for hydroxylation is 1. The zero-order chi connectivity index (χ0) is 25.6. The van der Waals surface area contributed by atoms with Crippen molar-refractivity contribution in [1.82, 2.24) is 4.90 Å². The Morgan fingerprint density at radius 2 is 2.03 bits per heavy atom. The highest BCUT2D eigenvalue weighted by Crippen LogP contribution is 2.61. The number of allylic oxidation sites excluding steroid dienone is 1. The number of cyclic esters (lactones) is 1. The number of carbonyl (C=O) groups is 3. The lowest BCUT2D eigenvalue weighted by Crippen LogP contribution is -2.56. The van der Waals surface area contributed by atoms with Crippen LogP contribution < -0.4 is 4.90 Å². The zero-order valence-corrected chi connectivity index (χ0v) is 22.0. The van der Waals surface area contributed by atoms with Gasteiger partial charge < -0.3 is 19.6 Å². The summed E-state index contributed by atoms with van der Waals surface area (Å²) in [6.45, 7) is 3.95. The average molecular weight is 531 g/mol. The highest BCUT2D eigenvalue weighted by atomic mass is 35.5. The number of ether oxygens (including phenoxy) is 1. The first-order chi connectivity index (χ1) is 17.3. The molecule has 2 fully saturated rings. The van der Waals surface area contributed by atoms with E-state index in [4.69, 9.17) is 16.3 Å². The molecule has 7 nitrogen and oxygen atoms in total. The monoisotopic (exact) mass is 530 g/mol. The minimum atomic E-state index is -0.964. The van der Waals surface area contributed by atoms with Gasteiger partial charge in [-0.2, -0.15) is 0 Å². The molecule has 4 aliphatic heterocycles. The van der Waals surface area contributed by atoms with E-state index in [0.717, 1.165) is 24.8 Å². The third-order valence-corrected chi connectivity index (χ3v) is 9.79. The molecule has 0 aliphatic carbocycles. The maximum atomic E-state index is 14.4. The summed E-state index contributed by atoms with van der Waals surface area (Å²) in [7, 11) is 0. The number of fused-ring (bicyclic) bond motifs is 2. The number of hydrogen-bond donors (Lipinski definition) is 1. The molecule has 2 saturated heterocycles. The van der Waals surface area contributed by atoms with Crippen LogP contribution in [0.3, 0.4) is 0 Å². The molecule has 1 unspecified atom stereocenters. The van der Waals surface area contributed by atoms with Gasteiger partial charge in [-0.15, -0.1) is 11.8 Å². The molecular formula is C27H31ClN2O5S. The number of halogens is 1. The normalized spacial score (nSPS) is 33.9. The summed E-state index contributed by atoms with van der Waals surface area (Å²) in [6, 6.07) is 3.99. The second-order valence-corrected chi connectivity index (χ2v) is 11.9. The first kappa shape index (κ1) is 25.4. The van der Waals surface area contributed by atoms with E-state index in [1.807, 2.05) is 37.3 Å². The number of aliphatic hydroxyl groups is 1. The van der Waals surface area contributed by atoms with Crippen molar-refractivity contribution in [1.29, 1.82) is 0 Å². The van der Waals surface area contributed by atoms with Crippen molar-refractivity contribution < 1.29 is 24.2 Å². The van der Waals surface area contributed by atoms with E-state index < -0.39 is 34.6 Å². The molecule has 0 bridgehead atoms. The third-order valence-electron chi connectivity index (χ3n) is 7.74. The van der Waals surface area contributed by atoms with E-state index in [2.05, 4.69) is 6.08 Å². The second-order valence-electron chi connectivity index (χ2n) is 9.97. The van der Waals surface area contributed by atoms with Crippen molar-refractivity contribution >= 4 is 46.8 Å². The van der Waals surface area contributed by atoms with Crippen molar-refractivity contribution in [3.8, 4) is 0 Å². The molecule has 0 radical (unpaired) electrons. The minimum absolute atomic E-state index is 0.263. The molecule has 1 aromatic rings. The maximum Gasteiger partial charge on any atom is 0.311 e. The van der Waals surface area contributed by atoms with E-state index in [9.17, 15) is 19.5 Å². The Labute approximate surface area is 220 Å². The van der Waals surface area contributed by atoms with Crippen LogP contribution in [0.25, 0.3) is 0 Å². The van der Waals surface area contributed by atoms with Gasteiger partial charge >= 0.3 is 5.97 Å². The third kappa shape index (κ3) is 3.89. The number of amides is 2. The Bertz CT molecular complexity index is 1120. The van der Waals surface area contributed by atoms with E-state index in [-0.39, 0.29) is 23.7 Å². The van der Waals surface area contributed by atoms with E-state index in [1.54, 1.807) is 17.9 Å². The van der Waals surface area contributed by atoms with Gasteiger partial charge in [-0.1, -0.05) is 48.0 Å². The summed E-state index contributed by atoms with van der Waals surface area (Å²) in [4.78, 5) is 44.9. The van der Waals surface area contributed by atoms with Crippen molar-refractivity contribution in [2.45, 2.75) is 55.2 Å². The summed E-state index contributed by atoms with van der Waals surface area (Å²) in [5.41, 5.74) is 1.46. The fraction of sp³-hybridized carbons (Fsp3) is 0.519. The predicted molar refractivity (Wildman–Crippen MR) is 140 cm³/mol. The number of aliphatic hydroxyl groups excluding tert-OH is 1. The predicted octanol–water partition coefficient (Wildman–Crippen LogP) is 3.51. The van der Waals surface area contributed by atoms with Gasteiger partial charge in [0.25, 0.3) is 5.91 Å². The van der Waals surface area contributed by atoms with Crippen LogP contribution in [0, 0.1) is 18.8 Å². The molecule has 4 aliphatic rings. The summed E-state index contributed by atoms with van der Waals surface area (Å²) in [6.07, 6.45) is 10.5. The number of para-hydroxylation sites is 1. The number of carbonyl (C=O) groups excluding carboxylic acids is 3. The van der Waals surface area contributed by atoms with Crippen LogP contribution in [-0.2, 0) is 19.1 Å². The van der Waals surface area contributed by atoms with Crippen LogP contribution in [-0.4, -0.2) is 69.6 Å². The summed E-state index contributed by atoms with van der Waals surface area (Å²) in [5, 5.41) is 10.2. The maximum absolute atomic E-state index is 14.4. The lowest BCUT2D eigenvalue weighted by Gasteiger charge is -2.37. The molecule has 6 atom stereocenters. The second kappa shape index (κ2) is 9.88. The summed E-state index contributed by atoms with van der Waals surface area (Å²) >= 11 is 8.06. The molecule has 9 heteroatoms. The molecule has 4 heterocycles. The molecule has 1 aromatic carbocycles. The smallest absolute Gasteiger partial charge is 0.311 e. The molecular weight excluding hydrogens is 500 g/mol. The SMILES string of the molecule is Cc1cccc(Cl)c1N1CC=C[C@]23S[C@@H]4/C=C\CCCCOC(=O)[C@@H]4[C@H]2C(=O)N([C@H](C)CO)C3C1=O. The number of thioether (sulfide) groups is 1. The van der Waals surface area contributed by atoms with Crippen molar-refractivity contribution in [2.75, 3.05) is 24.7 Å². The first-order valence-electron chi connectivity index (χ1n) is 12.5. The average Bonchev–Trinajstić information content (AvgIpc) is 3.25. The number of anilines is 1. The fourth-order valence-electron chi connectivity index (χ4n) is 6.08. The van der Waals surface area contributed by atoms with Crippen molar-refractivity contribution in [3.63, 3.8) is 0 Å². The number of likely N-dealkylation sites (tertiary alicyclic amines) is 1. The van der Waals surface area contributed by atoms with Crippen LogP contribution in [0.15, 0.2) is 42.5 Å². The molecule has 2 amide bonds. The van der Waals surface area contributed by atoms with Crippen LogP contribution in [0.2, 0.25) is 5.02 Å². The van der Waals surface area contributed by atoms with Gasteiger partial charge in [-0.05, 0) is 44.7 Å². The van der Waals surface area contributed by atoms with E-state index in [1.165, 1.54) is 16.7 Å². The highest BCUT2D eigenvalue weighted by molar-refractivity contribution is 8.02. The molecule has 1 N–H and O–H groups in total. The van der Waals surface area contributed by atoms with Crippen molar-refractivity contribution in [2.24, 2.45) is 11.8 Å². The van der Waals surface area contributed by atoms with Gasteiger partial charge in [0.1, 0.15) is 6.04 Å². The Balaban J connectivity index is 1.65. The van der Waals surface area contributed by atoms with Crippen LogP contribution in [0.5, 0.6) is 0 Å². The molecule has 1 spiro atoms. The molecule has 192 valence electrons. The number of rotatable bonds is 3.